The monoisotopic (exact) mass is 196 g/mol. The number of hydrogen-bond donors (Lipinski definition) is 1. The molecule has 0 aromatic carbocycles. The van der Waals surface area contributed by atoms with Crippen LogP contribution in [0.1, 0.15) is 25.7 Å². The van der Waals surface area contributed by atoms with Gasteiger partial charge in [-0.15, -0.1) is 0 Å². The minimum Gasteiger partial charge on any atom is -0.375 e. The van der Waals surface area contributed by atoms with Crippen molar-refractivity contribution in [2.75, 3.05) is 19.7 Å². The van der Waals surface area contributed by atoms with E-state index in [0.29, 0.717) is 0 Å². The van der Waals surface area contributed by atoms with Gasteiger partial charge >= 0.3 is 6.03 Å². The highest BCUT2D eigenvalue weighted by Crippen LogP contribution is 2.35. The van der Waals surface area contributed by atoms with E-state index in [4.69, 9.17) is 11.8 Å². The first-order valence-electron chi connectivity index (χ1n) is 5.15. The molecule has 0 unspecified atom stereocenters. The molecular formula is C10H16N2O2. The van der Waals surface area contributed by atoms with Crippen molar-refractivity contribution in [1.29, 1.82) is 0 Å². The second-order valence-corrected chi connectivity index (χ2v) is 4.07. The number of amides is 2. The van der Waals surface area contributed by atoms with Crippen molar-refractivity contribution in [2.24, 2.45) is 0 Å². The van der Waals surface area contributed by atoms with E-state index in [2.05, 4.69) is 5.32 Å². The smallest absolute Gasteiger partial charge is 0.317 e. The molecule has 0 bridgehead atoms. The van der Waals surface area contributed by atoms with Gasteiger partial charge in [0.2, 0.25) is 0 Å². The first kappa shape index (κ1) is 9.77. The highest BCUT2D eigenvalue weighted by molar-refractivity contribution is 5.74. The van der Waals surface area contributed by atoms with Gasteiger partial charge in [0.25, 0.3) is 0 Å². The van der Waals surface area contributed by atoms with E-state index >= 15 is 0 Å². The van der Waals surface area contributed by atoms with E-state index < -0.39 is 0 Å². The van der Waals surface area contributed by atoms with E-state index in [9.17, 15) is 4.79 Å². The van der Waals surface area contributed by atoms with E-state index in [0.717, 1.165) is 45.4 Å². The van der Waals surface area contributed by atoms with Gasteiger partial charge in [-0.05, 0) is 25.7 Å². The maximum atomic E-state index is 11.2. The third kappa shape index (κ3) is 1.71. The second kappa shape index (κ2) is 3.77. The number of carbonyl (C=O) groups is 1. The second-order valence-electron chi connectivity index (χ2n) is 4.07. The summed E-state index contributed by atoms with van der Waals surface area (Å²) in [6.45, 7) is 2.38. The Labute approximate surface area is 84.6 Å². The predicted octanol–water partition coefficient (Wildman–Crippen LogP) is 1.01. The number of piperidine rings is 1. The summed E-state index contributed by atoms with van der Waals surface area (Å²) in [5.41, 5.74) is 0.0748. The maximum absolute atomic E-state index is 11.2. The van der Waals surface area contributed by atoms with Gasteiger partial charge in [-0.2, -0.15) is 0 Å². The van der Waals surface area contributed by atoms with E-state index in [1.807, 2.05) is 0 Å². The summed E-state index contributed by atoms with van der Waals surface area (Å²) in [4.78, 5) is 13.0. The van der Waals surface area contributed by atoms with Gasteiger partial charge in [-0.25, -0.2) is 4.79 Å². The summed E-state index contributed by atoms with van der Waals surface area (Å²) < 4.78 is 5.75. The van der Waals surface area contributed by atoms with Crippen LogP contribution in [0.5, 0.6) is 0 Å². The molecule has 0 aromatic heterocycles. The Bertz CT molecular complexity index is 214. The van der Waals surface area contributed by atoms with Crippen molar-refractivity contribution in [3.8, 4) is 0 Å². The fourth-order valence-corrected chi connectivity index (χ4v) is 2.36. The van der Waals surface area contributed by atoms with Gasteiger partial charge in [0.05, 0.1) is 12.6 Å². The molecule has 0 atom stereocenters. The van der Waals surface area contributed by atoms with Crippen molar-refractivity contribution in [2.45, 2.75) is 31.3 Å². The Kier molecular flexibility index (Phi) is 2.63. The Morgan fingerprint density at radius 3 is 2.57 bits per heavy atom. The Hall–Kier alpha value is -0.770. The first-order chi connectivity index (χ1) is 6.76. The zero-order chi connectivity index (χ0) is 10.0. The Balaban J connectivity index is 1.88. The largest absolute Gasteiger partial charge is 0.375 e. The lowest BCUT2D eigenvalue weighted by atomic mass is 9.89. The zero-order valence-corrected chi connectivity index (χ0v) is 8.29. The SMILES string of the molecule is [CH]NC(=O)N1CCC2(CCCO2)CC1. The first-order valence-corrected chi connectivity index (χ1v) is 5.15. The molecule has 2 amide bonds. The average molecular weight is 196 g/mol. The predicted molar refractivity (Wildman–Crippen MR) is 51.6 cm³/mol. The molecule has 4 heteroatoms. The lowest BCUT2D eigenvalue weighted by Gasteiger charge is -2.38. The Morgan fingerprint density at radius 1 is 1.36 bits per heavy atom. The van der Waals surface area contributed by atoms with Gasteiger partial charge in [0, 0.05) is 19.7 Å². The molecule has 14 heavy (non-hydrogen) atoms. The molecule has 0 saturated carbocycles. The van der Waals surface area contributed by atoms with Gasteiger partial charge in [-0.3, -0.25) is 0 Å². The van der Waals surface area contributed by atoms with Crippen LogP contribution in [-0.4, -0.2) is 36.2 Å². The third-order valence-corrected chi connectivity index (χ3v) is 3.27. The highest BCUT2D eigenvalue weighted by Gasteiger charge is 2.39. The quantitative estimate of drug-likeness (QED) is 0.587. The summed E-state index contributed by atoms with van der Waals surface area (Å²) in [6.07, 6.45) is 4.19. The van der Waals surface area contributed by atoms with Crippen LogP contribution in [-0.2, 0) is 4.74 Å². The van der Waals surface area contributed by atoms with Gasteiger partial charge < -0.3 is 15.0 Å². The van der Waals surface area contributed by atoms with Crippen molar-refractivity contribution in [3.05, 3.63) is 7.05 Å². The van der Waals surface area contributed by atoms with Crippen molar-refractivity contribution in [3.63, 3.8) is 0 Å². The van der Waals surface area contributed by atoms with Crippen LogP contribution >= 0.6 is 0 Å². The normalized spacial score (nSPS) is 25.4. The lowest BCUT2D eigenvalue weighted by Crippen LogP contribution is -2.48. The molecular weight excluding hydrogens is 180 g/mol. The molecule has 2 radical (unpaired) electrons. The number of nitrogens with zero attached hydrogens (tertiary/aromatic N) is 1. The molecule has 2 fully saturated rings. The maximum Gasteiger partial charge on any atom is 0.317 e. The van der Waals surface area contributed by atoms with E-state index in [1.165, 1.54) is 0 Å². The number of ether oxygens (including phenoxy) is 1. The number of carbonyl (C=O) groups excluding carboxylic acids is 1. The van der Waals surface area contributed by atoms with Crippen LogP contribution in [0.25, 0.3) is 0 Å². The number of nitrogens with one attached hydrogen (secondary N) is 1. The van der Waals surface area contributed by atoms with Crippen molar-refractivity contribution in [1.82, 2.24) is 10.2 Å². The minimum absolute atomic E-state index is 0.0748. The fraction of sp³-hybridized carbons (Fsp3) is 0.800. The fourth-order valence-electron chi connectivity index (χ4n) is 2.36. The average Bonchev–Trinajstić information content (AvgIpc) is 2.67. The Morgan fingerprint density at radius 2 is 2.07 bits per heavy atom. The molecule has 1 spiro atoms. The van der Waals surface area contributed by atoms with Crippen LogP contribution in [0.4, 0.5) is 4.79 Å². The number of rotatable bonds is 0. The van der Waals surface area contributed by atoms with Crippen LogP contribution in [0.15, 0.2) is 0 Å². The molecule has 0 aliphatic carbocycles. The molecule has 2 aliphatic heterocycles. The molecule has 2 saturated heterocycles. The summed E-state index contributed by atoms with van der Waals surface area (Å²) >= 11 is 0. The molecule has 0 aromatic rings. The number of urea groups is 1. The van der Waals surface area contributed by atoms with Crippen LogP contribution in [0.2, 0.25) is 0 Å². The lowest BCUT2D eigenvalue weighted by molar-refractivity contribution is -0.0359. The molecule has 2 heterocycles. The van der Waals surface area contributed by atoms with Crippen molar-refractivity contribution >= 4 is 6.03 Å². The molecule has 2 aliphatic rings. The minimum atomic E-state index is -0.183. The van der Waals surface area contributed by atoms with Crippen molar-refractivity contribution < 1.29 is 9.53 Å². The highest BCUT2D eigenvalue weighted by atomic mass is 16.5. The van der Waals surface area contributed by atoms with E-state index in [1.54, 1.807) is 4.90 Å². The topological polar surface area (TPSA) is 41.6 Å². The summed E-state index contributed by atoms with van der Waals surface area (Å²) in [5.74, 6) is 0. The summed E-state index contributed by atoms with van der Waals surface area (Å²) in [7, 11) is 5.08. The van der Waals surface area contributed by atoms with Gasteiger partial charge in [-0.1, -0.05) is 0 Å². The summed E-state index contributed by atoms with van der Waals surface area (Å²) in [5, 5.41) is 2.16. The van der Waals surface area contributed by atoms with Gasteiger partial charge in [0.1, 0.15) is 0 Å². The molecule has 4 nitrogen and oxygen atoms in total. The molecule has 2 rings (SSSR count). The van der Waals surface area contributed by atoms with E-state index in [-0.39, 0.29) is 11.6 Å². The molecule has 78 valence electrons. The summed E-state index contributed by atoms with van der Waals surface area (Å²) in [6, 6.07) is -0.183. The molecule has 1 N–H and O–H groups in total. The third-order valence-electron chi connectivity index (χ3n) is 3.27. The zero-order valence-electron chi connectivity index (χ0n) is 8.29. The van der Waals surface area contributed by atoms with Crippen LogP contribution < -0.4 is 5.32 Å². The van der Waals surface area contributed by atoms with Crippen LogP contribution in [0.3, 0.4) is 0 Å². The number of hydrogen-bond acceptors (Lipinski definition) is 2. The van der Waals surface area contributed by atoms with Crippen LogP contribution in [0, 0.1) is 7.05 Å². The standard InChI is InChI=1S/C10H16N2O2/c1-11-9(13)12-6-4-10(5-7-12)3-2-8-14-10/h1H,2-8H2,(H,11,13). The van der Waals surface area contributed by atoms with Gasteiger partial charge in [0.15, 0.2) is 0 Å². The number of likely N-dealkylation sites (tertiary alicyclic amines) is 1.